The summed E-state index contributed by atoms with van der Waals surface area (Å²) in [6.07, 6.45) is 2.80. The number of hydrogen-bond donors (Lipinski definition) is 1. The Labute approximate surface area is 121 Å². The standard InChI is InChI=1S/C10H8BrN5O2S/c1-12-10-14-5-7(16(17)18)9(15-10)19-8-3-2-6(11)4-13-8/h2-5H,1H3,(H,12,14,15). The highest BCUT2D eigenvalue weighted by Gasteiger charge is 2.18. The maximum Gasteiger partial charge on any atom is 0.320 e. The van der Waals surface area contributed by atoms with Gasteiger partial charge in [0.1, 0.15) is 11.2 Å². The highest BCUT2D eigenvalue weighted by molar-refractivity contribution is 9.10. The molecular weight excluding hydrogens is 334 g/mol. The van der Waals surface area contributed by atoms with Crippen molar-refractivity contribution < 1.29 is 4.92 Å². The van der Waals surface area contributed by atoms with E-state index in [4.69, 9.17) is 0 Å². The summed E-state index contributed by atoms with van der Waals surface area (Å²) < 4.78 is 0.838. The number of nitrogens with zero attached hydrogens (tertiary/aromatic N) is 4. The summed E-state index contributed by atoms with van der Waals surface area (Å²) in [4.78, 5) is 22.5. The second-order valence-electron chi connectivity index (χ2n) is 3.31. The predicted octanol–water partition coefficient (Wildman–Crippen LogP) is 2.74. The van der Waals surface area contributed by atoms with Gasteiger partial charge in [-0.15, -0.1) is 0 Å². The van der Waals surface area contributed by atoms with E-state index in [0.29, 0.717) is 11.0 Å². The van der Waals surface area contributed by atoms with Crippen LogP contribution >= 0.6 is 27.7 Å². The molecule has 1 N–H and O–H groups in total. The van der Waals surface area contributed by atoms with Gasteiger partial charge in [0.25, 0.3) is 0 Å². The van der Waals surface area contributed by atoms with E-state index in [2.05, 4.69) is 36.2 Å². The quantitative estimate of drug-likeness (QED) is 0.519. The minimum atomic E-state index is -0.513. The highest BCUT2D eigenvalue weighted by atomic mass is 79.9. The first-order valence-electron chi connectivity index (χ1n) is 5.08. The maximum absolute atomic E-state index is 10.9. The number of aromatic nitrogens is 3. The van der Waals surface area contributed by atoms with E-state index in [1.165, 1.54) is 6.20 Å². The molecule has 0 aliphatic rings. The number of nitro groups is 1. The van der Waals surface area contributed by atoms with Crippen molar-refractivity contribution >= 4 is 39.3 Å². The number of nitrogens with one attached hydrogen (secondary N) is 1. The maximum atomic E-state index is 10.9. The van der Waals surface area contributed by atoms with Crippen LogP contribution in [-0.2, 0) is 0 Å². The van der Waals surface area contributed by atoms with E-state index < -0.39 is 4.92 Å². The van der Waals surface area contributed by atoms with Gasteiger partial charge in [0.15, 0.2) is 5.03 Å². The van der Waals surface area contributed by atoms with Gasteiger partial charge in [-0.2, -0.15) is 4.98 Å². The number of halogens is 1. The Kier molecular flexibility index (Phi) is 4.27. The zero-order valence-electron chi connectivity index (χ0n) is 9.70. The number of pyridine rings is 1. The average Bonchev–Trinajstić information content (AvgIpc) is 2.41. The number of hydrogen-bond acceptors (Lipinski definition) is 7. The Hall–Kier alpha value is -1.74. The molecule has 0 radical (unpaired) electrons. The Balaban J connectivity index is 2.36. The molecule has 7 nitrogen and oxygen atoms in total. The molecule has 0 saturated carbocycles. The lowest BCUT2D eigenvalue weighted by Crippen LogP contribution is -2.01. The second kappa shape index (κ2) is 5.93. The fourth-order valence-corrected chi connectivity index (χ4v) is 2.24. The smallest absolute Gasteiger partial charge is 0.320 e. The predicted molar refractivity (Wildman–Crippen MR) is 74.3 cm³/mol. The van der Waals surface area contributed by atoms with Gasteiger partial charge in [0.2, 0.25) is 5.95 Å². The summed E-state index contributed by atoms with van der Waals surface area (Å²) in [5.41, 5.74) is -0.145. The van der Waals surface area contributed by atoms with E-state index in [0.717, 1.165) is 16.2 Å². The first kappa shape index (κ1) is 13.7. The van der Waals surface area contributed by atoms with Crippen molar-refractivity contribution in [3.8, 4) is 0 Å². The molecule has 0 aliphatic heterocycles. The van der Waals surface area contributed by atoms with Crippen LogP contribution in [-0.4, -0.2) is 26.9 Å². The van der Waals surface area contributed by atoms with E-state index in [1.54, 1.807) is 25.4 Å². The topological polar surface area (TPSA) is 93.8 Å². The van der Waals surface area contributed by atoms with Gasteiger partial charge in [-0.25, -0.2) is 9.97 Å². The summed E-state index contributed by atoms with van der Waals surface area (Å²) in [5.74, 6) is 0.324. The van der Waals surface area contributed by atoms with Crippen LogP contribution in [0.5, 0.6) is 0 Å². The van der Waals surface area contributed by atoms with Gasteiger partial charge < -0.3 is 5.32 Å². The van der Waals surface area contributed by atoms with Crippen molar-refractivity contribution in [2.75, 3.05) is 12.4 Å². The summed E-state index contributed by atoms with van der Waals surface area (Å²) >= 11 is 4.39. The molecule has 2 rings (SSSR count). The molecule has 0 aromatic carbocycles. The molecule has 9 heteroatoms. The van der Waals surface area contributed by atoms with Gasteiger partial charge in [0, 0.05) is 17.7 Å². The molecule has 2 heterocycles. The van der Waals surface area contributed by atoms with Crippen molar-refractivity contribution in [1.82, 2.24) is 15.0 Å². The summed E-state index contributed by atoms with van der Waals surface area (Å²) in [6, 6.07) is 3.56. The molecule has 0 atom stereocenters. The average molecular weight is 342 g/mol. The molecule has 2 aromatic heterocycles. The van der Waals surface area contributed by atoms with Crippen LogP contribution in [0.4, 0.5) is 11.6 Å². The Morgan fingerprint density at radius 1 is 1.37 bits per heavy atom. The van der Waals surface area contributed by atoms with Crippen LogP contribution in [0, 0.1) is 10.1 Å². The van der Waals surface area contributed by atoms with Gasteiger partial charge in [-0.05, 0) is 39.8 Å². The van der Waals surface area contributed by atoms with Gasteiger partial charge in [0.05, 0.1) is 4.92 Å². The molecular formula is C10H8BrN5O2S. The molecule has 0 amide bonds. The molecule has 0 saturated heterocycles. The van der Waals surface area contributed by atoms with E-state index in [9.17, 15) is 10.1 Å². The summed E-state index contributed by atoms with van der Waals surface area (Å²) in [5, 5.41) is 14.5. The second-order valence-corrected chi connectivity index (χ2v) is 5.23. The Morgan fingerprint density at radius 2 is 2.16 bits per heavy atom. The molecule has 0 unspecified atom stereocenters. The van der Waals surface area contributed by atoms with Crippen LogP contribution in [0.25, 0.3) is 0 Å². The monoisotopic (exact) mass is 341 g/mol. The first-order chi connectivity index (χ1) is 9.10. The number of rotatable bonds is 4. The van der Waals surface area contributed by atoms with Gasteiger partial charge in [-0.1, -0.05) is 0 Å². The van der Waals surface area contributed by atoms with Crippen molar-refractivity contribution in [3.05, 3.63) is 39.1 Å². The molecule has 19 heavy (non-hydrogen) atoms. The minimum Gasteiger partial charge on any atom is -0.357 e. The lowest BCUT2D eigenvalue weighted by molar-refractivity contribution is -0.388. The van der Waals surface area contributed by atoms with Crippen molar-refractivity contribution in [1.29, 1.82) is 0 Å². The van der Waals surface area contributed by atoms with E-state index in [1.807, 2.05) is 0 Å². The molecule has 2 aromatic rings. The summed E-state index contributed by atoms with van der Waals surface area (Å²) in [6.45, 7) is 0. The third-order valence-corrected chi connectivity index (χ3v) is 3.47. The fourth-order valence-electron chi connectivity index (χ4n) is 1.20. The third-order valence-electron chi connectivity index (χ3n) is 2.06. The van der Waals surface area contributed by atoms with E-state index in [-0.39, 0.29) is 10.7 Å². The van der Waals surface area contributed by atoms with Crippen LogP contribution in [0.2, 0.25) is 0 Å². The molecule has 98 valence electrons. The molecule has 0 aliphatic carbocycles. The lowest BCUT2D eigenvalue weighted by Gasteiger charge is -2.03. The van der Waals surface area contributed by atoms with Crippen molar-refractivity contribution in [2.24, 2.45) is 0 Å². The van der Waals surface area contributed by atoms with Gasteiger partial charge >= 0.3 is 5.69 Å². The number of anilines is 1. The fraction of sp³-hybridized carbons (Fsp3) is 0.100. The zero-order chi connectivity index (χ0) is 13.8. The summed E-state index contributed by atoms with van der Waals surface area (Å²) in [7, 11) is 1.65. The highest BCUT2D eigenvalue weighted by Crippen LogP contribution is 2.32. The molecule has 0 spiro atoms. The van der Waals surface area contributed by atoms with Crippen molar-refractivity contribution in [3.63, 3.8) is 0 Å². The first-order valence-corrected chi connectivity index (χ1v) is 6.69. The van der Waals surface area contributed by atoms with Crippen molar-refractivity contribution in [2.45, 2.75) is 10.1 Å². The third kappa shape index (κ3) is 3.38. The minimum absolute atomic E-state index is 0.145. The van der Waals surface area contributed by atoms with Crippen LogP contribution < -0.4 is 5.32 Å². The van der Waals surface area contributed by atoms with E-state index >= 15 is 0 Å². The lowest BCUT2D eigenvalue weighted by atomic mass is 10.5. The Morgan fingerprint density at radius 3 is 2.74 bits per heavy atom. The van der Waals surface area contributed by atoms with Gasteiger partial charge in [-0.3, -0.25) is 10.1 Å². The zero-order valence-corrected chi connectivity index (χ0v) is 12.1. The van der Waals surface area contributed by atoms with Crippen LogP contribution in [0.1, 0.15) is 0 Å². The molecule has 0 fully saturated rings. The SMILES string of the molecule is CNc1ncc([N+](=O)[O-])c(Sc2ccc(Br)cn2)n1. The molecule has 0 bridgehead atoms. The Bertz CT molecular complexity index is 607. The van der Waals surface area contributed by atoms with Crippen LogP contribution in [0.3, 0.4) is 0 Å². The van der Waals surface area contributed by atoms with Crippen LogP contribution in [0.15, 0.2) is 39.1 Å². The normalized spacial score (nSPS) is 10.2. The largest absolute Gasteiger partial charge is 0.357 e.